The molecule has 1 aliphatic heterocycles. The number of benzene rings is 1. The van der Waals surface area contributed by atoms with E-state index in [0.29, 0.717) is 0 Å². The van der Waals surface area contributed by atoms with Gasteiger partial charge in [-0.3, -0.25) is 4.99 Å². The summed E-state index contributed by atoms with van der Waals surface area (Å²) in [5, 5.41) is 15.7. The number of guanidine groups is 1. The van der Waals surface area contributed by atoms with Crippen LogP contribution >= 0.6 is 24.0 Å². The molecule has 0 unspecified atom stereocenters. The zero-order valence-corrected chi connectivity index (χ0v) is 21.9. The maximum atomic E-state index is 4.42. The first-order valence-electron chi connectivity index (χ1n) is 11.4. The van der Waals surface area contributed by atoms with E-state index < -0.39 is 0 Å². The summed E-state index contributed by atoms with van der Waals surface area (Å²) in [4.78, 5) is 4.34. The summed E-state index contributed by atoms with van der Waals surface area (Å²) in [7, 11) is 1.83. The summed E-state index contributed by atoms with van der Waals surface area (Å²) in [6, 6.07) is 8.96. The summed E-state index contributed by atoms with van der Waals surface area (Å²) in [5.74, 6) is 3.17. The van der Waals surface area contributed by atoms with Crippen LogP contribution in [0.1, 0.15) is 69.2 Å². The van der Waals surface area contributed by atoms with Gasteiger partial charge in [-0.15, -0.1) is 34.2 Å². The van der Waals surface area contributed by atoms with Gasteiger partial charge in [0.15, 0.2) is 5.96 Å². The van der Waals surface area contributed by atoms with Crippen molar-refractivity contribution < 1.29 is 0 Å². The Morgan fingerprint density at radius 2 is 1.74 bits per heavy atom. The zero-order chi connectivity index (χ0) is 21.4. The number of nitrogens with one attached hydrogen (secondary N) is 2. The molecule has 3 rings (SSSR count). The molecule has 1 aromatic heterocycles. The molecule has 172 valence electrons. The number of hydrogen-bond donors (Lipinski definition) is 2. The van der Waals surface area contributed by atoms with Gasteiger partial charge in [0.05, 0.1) is 0 Å². The lowest BCUT2D eigenvalue weighted by molar-refractivity contribution is 0.590. The van der Waals surface area contributed by atoms with Crippen LogP contribution in [-0.2, 0) is 31.2 Å². The fourth-order valence-corrected chi connectivity index (χ4v) is 3.90. The number of rotatable bonds is 7. The maximum Gasteiger partial charge on any atom is 0.190 e. The van der Waals surface area contributed by atoms with Gasteiger partial charge in [-0.1, -0.05) is 51.5 Å². The highest BCUT2D eigenvalue weighted by molar-refractivity contribution is 14.0. The lowest BCUT2D eigenvalue weighted by Gasteiger charge is -2.19. The van der Waals surface area contributed by atoms with E-state index >= 15 is 0 Å². The monoisotopic (exact) mass is 538 g/mol. The molecule has 6 nitrogen and oxygen atoms in total. The number of nitrogens with zero attached hydrogens (tertiary/aromatic N) is 4. The van der Waals surface area contributed by atoms with E-state index in [2.05, 4.69) is 75.4 Å². The standard InChI is InChI=1S/C24H38N6.HI/c1-24(2,3)20-13-11-19(12-14-20)15-17-27-23(25-4)26-16-8-10-22-29-28-21-9-6-5-7-18-30(21)22;/h11-14H,5-10,15-18H2,1-4H3,(H2,25,26,27);1H. The minimum atomic E-state index is 0. The molecule has 7 heteroatoms. The first kappa shape index (κ1) is 25.6. The molecule has 2 aromatic rings. The highest BCUT2D eigenvalue weighted by Crippen LogP contribution is 2.22. The molecule has 2 heterocycles. The summed E-state index contributed by atoms with van der Waals surface area (Å²) >= 11 is 0. The van der Waals surface area contributed by atoms with Crippen LogP contribution in [0, 0.1) is 0 Å². The summed E-state index contributed by atoms with van der Waals surface area (Å²) < 4.78 is 2.34. The Morgan fingerprint density at radius 3 is 2.45 bits per heavy atom. The number of hydrogen-bond acceptors (Lipinski definition) is 3. The minimum absolute atomic E-state index is 0. The first-order chi connectivity index (χ1) is 14.5. The van der Waals surface area contributed by atoms with Gasteiger partial charge in [0, 0.05) is 39.5 Å². The molecule has 0 bridgehead atoms. The summed E-state index contributed by atoms with van der Waals surface area (Å²) in [6.07, 6.45) is 7.81. The molecular formula is C24H39IN6. The molecule has 1 aliphatic rings. The fourth-order valence-electron chi connectivity index (χ4n) is 3.90. The van der Waals surface area contributed by atoms with Crippen LogP contribution in [0.25, 0.3) is 0 Å². The van der Waals surface area contributed by atoms with Crippen molar-refractivity contribution >= 4 is 29.9 Å². The van der Waals surface area contributed by atoms with E-state index in [4.69, 9.17) is 0 Å². The van der Waals surface area contributed by atoms with Crippen LogP contribution < -0.4 is 10.6 Å². The SMILES string of the molecule is CN=C(NCCCc1nnc2n1CCCCC2)NCCc1ccc(C(C)(C)C)cc1.I. The second kappa shape index (κ2) is 12.4. The van der Waals surface area contributed by atoms with Crippen molar-refractivity contribution in [3.63, 3.8) is 0 Å². The van der Waals surface area contributed by atoms with E-state index in [0.717, 1.165) is 57.1 Å². The normalized spacial score (nSPS) is 14.4. The van der Waals surface area contributed by atoms with Crippen LogP contribution in [0.3, 0.4) is 0 Å². The first-order valence-corrected chi connectivity index (χ1v) is 11.4. The predicted molar refractivity (Wildman–Crippen MR) is 140 cm³/mol. The highest BCUT2D eigenvalue weighted by atomic mass is 127. The summed E-state index contributed by atoms with van der Waals surface area (Å²) in [6.45, 7) is 9.56. The van der Waals surface area contributed by atoms with E-state index in [-0.39, 0.29) is 29.4 Å². The number of aliphatic imine (C=N–C) groups is 1. The third-order valence-corrected chi connectivity index (χ3v) is 5.81. The summed E-state index contributed by atoms with van der Waals surface area (Å²) in [5.41, 5.74) is 2.92. The molecule has 0 radical (unpaired) electrons. The fraction of sp³-hybridized carbons (Fsp3) is 0.625. The van der Waals surface area contributed by atoms with Gasteiger partial charge in [0.25, 0.3) is 0 Å². The Bertz CT molecular complexity index is 820. The smallest absolute Gasteiger partial charge is 0.190 e. The van der Waals surface area contributed by atoms with Crippen LogP contribution in [0.15, 0.2) is 29.3 Å². The second-order valence-electron chi connectivity index (χ2n) is 9.22. The van der Waals surface area contributed by atoms with Gasteiger partial charge in [0.1, 0.15) is 11.6 Å². The minimum Gasteiger partial charge on any atom is -0.356 e. The molecule has 0 fully saturated rings. The number of aryl methyl sites for hydroxylation is 2. The molecule has 0 aliphatic carbocycles. The maximum absolute atomic E-state index is 4.42. The Balaban J connectivity index is 0.00000341. The van der Waals surface area contributed by atoms with Crippen molar-refractivity contribution in [1.82, 2.24) is 25.4 Å². The van der Waals surface area contributed by atoms with Crippen molar-refractivity contribution in [1.29, 1.82) is 0 Å². The van der Waals surface area contributed by atoms with E-state index in [1.807, 2.05) is 7.05 Å². The van der Waals surface area contributed by atoms with Crippen molar-refractivity contribution in [2.45, 2.75) is 77.7 Å². The average Bonchev–Trinajstić information content (AvgIpc) is 2.95. The molecule has 0 saturated carbocycles. The van der Waals surface area contributed by atoms with E-state index in [1.165, 1.54) is 36.2 Å². The molecule has 0 spiro atoms. The van der Waals surface area contributed by atoms with Crippen molar-refractivity contribution in [3.05, 3.63) is 47.0 Å². The van der Waals surface area contributed by atoms with Gasteiger partial charge in [-0.05, 0) is 42.2 Å². The molecule has 0 saturated heterocycles. The number of aromatic nitrogens is 3. The predicted octanol–water partition coefficient (Wildman–Crippen LogP) is 4.26. The van der Waals surface area contributed by atoms with E-state index in [9.17, 15) is 0 Å². The van der Waals surface area contributed by atoms with Gasteiger partial charge < -0.3 is 15.2 Å². The Morgan fingerprint density at radius 1 is 1.00 bits per heavy atom. The topological polar surface area (TPSA) is 67.1 Å². The number of halogens is 1. The molecule has 31 heavy (non-hydrogen) atoms. The van der Waals surface area contributed by atoms with Crippen LogP contribution in [0.5, 0.6) is 0 Å². The third kappa shape index (κ3) is 7.77. The molecular weight excluding hydrogens is 499 g/mol. The van der Waals surface area contributed by atoms with Gasteiger partial charge >= 0.3 is 0 Å². The van der Waals surface area contributed by atoms with Crippen LogP contribution in [-0.4, -0.2) is 40.9 Å². The van der Waals surface area contributed by atoms with Crippen molar-refractivity contribution in [2.24, 2.45) is 4.99 Å². The number of fused-ring (bicyclic) bond motifs is 1. The van der Waals surface area contributed by atoms with Crippen LogP contribution in [0.4, 0.5) is 0 Å². The quantitative estimate of drug-likeness (QED) is 0.239. The third-order valence-electron chi connectivity index (χ3n) is 5.81. The second-order valence-corrected chi connectivity index (χ2v) is 9.22. The molecule has 2 N–H and O–H groups in total. The zero-order valence-electron chi connectivity index (χ0n) is 19.6. The Hall–Kier alpha value is -1.64. The average molecular weight is 539 g/mol. The van der Waals surface area contributed by atoms with Crippen molar-refractivity contribution in [2.75, 3.05) is 20.1 Å². The Kier molecular flexibility index (Phi) is 10.3. The van der Waals surface area contributed by atoms with Crippen molar-refractivity contribution in [3.8, 4) is 0 Å². The molecule has 1 aromatic carbocycles. The highest BCUT2D eigenvalue weighted by Gasteiger charge is 2.14. The Labute approximate surface area is 204 Å². The van der Waals surface area contributed by atoms with E-state index in [1.54, 1.807) is 0 Å². The van der Waals surface area contributed by atoms with Crippen LogP contribution in [0.2, 0.25) is 0 Å². The lowest BCUT2D eigenvalue weighted by atomic mass is 9.86. The van der Waals surface area contributed by atoms with Gasteiger partial charge in [-0.2, -0.15) is 0 Å². The van der Waals surface area contributed by atoms with Gasteiger partial charge in [0.2, 0.25) is 0 Å². The van der Waals surface area contributed by atoms with Gasteiger partial charge in [-0.25, -0.2) is 0 Å². The molecule has 0 amide bonds. The largest absolute Gasteiger partial charge is 0.356 e. The lowest BCUT2D eigenvalue weighted by Crippen LogP contribution is -2.38. The molecule has 0 atom stereocenters.